The van der Waals surface area contributed by atoms with E-state index in [9.17, 15) is 18.8 Å². The summed E-state index contributed by atoms with van der Waals surface area (Å²) in [4.78, 5) is 37.1. The fourth-order valence-electron chi connectivity index (χ4n) is 2.75. The van der Waals surface area contributed by atoms with Gasteiger partial charge in [0.1, 0.15) is 5.82 Å². The van der Waals surface area contributed by atoms with Crippen LogP contribution in [0.2, 0.25) is 5.02 Å². The minimum atomic E-state index is -0.573. The molecule has 0 saturated carbocycles. The number of hydrogen-bond acceptors (Lipinski definition) is 3. The molecule has 1 atom stereocenters. The molecule has 0 aromatic heterocycles. The summed E-state index contributed by atoms with van der Waals surface area (Å²) >= 11 is 5.76. The number of hydrogen-bond donors (Lipinski definition) is 2. The molecule has 2 aromatic rings. The highest BCUT2D eigenvalue weighted by molar-refractivity contribution is 6.31. The van der Waals surface area contributed by atoms with Gasteiger partial charge in [0.2, 0.25) is 17.7 Å². The van der Waals surface area contributed by atoms with E-state index in [0.717, 1.165) is 0 Å². The fourth-order valence-corrected chi connectivity index (χ4v) is 2.92. The van der Waals surface area contributed by atoms with Crippen molar-refractivity contribution in [3.8, 4) is 0 Å². The average molecular weight is 376 g/mol. The third-order valence-corrected chi connectivity index (χ3v) is 4.44. The maximum absolute atomic E-state index is 13.3. The van der Waals surface area contributed by atoms with Crippen LogP contribution in [0.1, 0.15) is 16.8 Å². The van der Waals surface area contributed by atoms with E-state index in [4.69, 9.17) is 17.3 Å². The van der Waals surface area contributed by atoms with E-state index in [-0.39, 0.29) is 29.8 Å². The number of halogens is 2. The van der Waals surface area contributed by atoms with Gasteiger partial charge in [0.25, 0.3) is 0 Å². The number of primary amides is 1. The number of nitrogens with two attached hydrogens (primary N) is 1. The van der Waals surface area contributed by atoms with Crippen molar-refractivity contribution in [3.05, 3.63) is 58.9 Å². The lowest BCUT2D eigenvalue weighted by Crippen LogP contribution is -2.28. The first-order valence-corrected chi connectivity index (χ1v) is 8.19. The molecule has 3 rings (SSSR count). The minimum Gasteiger partial charge on any atom is -0.366 e. The summed E-state index contributed by atoms with van der Waals surface area (Å²) in [5.41, 5.74) is 6.44. The maximum atomic E-state index is 13.3. The number of amides is 3. The SMILES string of the molecule is NC(=O)c1ccc(NC(=O)[C@@H]2CC(=O)N(c3ccc(F)c(Cl)c3)C2)cc1. The highest BCUT2D eigenvalue weighted by atomic mass is 35.5. The summed E-state index contributed by atoms with van der Waals surface area (Å²) in [7, 11) is 0. The number of carbonyl (C=O) groups is 3. The predicted octanol–water partition coefficient (Wildman–Crippen LogP) is 2.57. The Balaban J connectivity index is 1.68. The van der Waals surface area contributed by atoms with Crippen molar-refractivity contribution in [2.24, 2.45) is 11.7 Å². The Morgan fingerprint density at radius 1 is 1.19 bits per heavy atom. The average Bonchev–Trinajstić information content (AvgIpc) is 3.00. The molecule has 26 heavy (non-hydrogen) atoms. The Hall–Kier alpha value is -2.93. The van der Waals surface area contributed by atoms with Gasteiger partial charge in [0.05, 0.1) is 10.9 Å². The number of benzene rings is 2. The molecular formula is C18H15ClFN3O3. The van der Waals surface area contributed by atoms with Crippen LogP contribution in [0.25, 0.3) is 0 Å². The zero-order valence-corrected chi connectivity index (χ0v) is 14.3. The topological polar surface area (TPSA) is 92.5 Å². The monoisotopic (exact) mass is 375 g/mol. The van der Waals surface area contributed by atoms with Gasteiger partial charge in [0.15, 0.2) is 0 Å². The van der Waals surface area contributed by atoms with Crippen molar-refractivity contribution >= 4 is 40.7 Å². The van der Waals surface area contributed by atoms with Crippen molar-refractivity contribution < 1.29 is 18.8 Å². The van der Waals surface area contributed by atoms with Crippen LogP contribution in [-0.2, 0) is 9.59 Å². The number of rotatable bonds is 4. The standard InChI is InChI=1S/C18H15ClFN3O3/c19-14-8-13(5-6-15(14)20)23-9-11(7-16(23)24)18(26)22-12-3-1-10(2-4-12)17(21)25/h1-6,8,11H,7,9H2,(H2,21,25)(H,22,26)/t11-/m1/s1. The maximum Gasteiger partial charge on any atom is 0.248 e. The van der Waals surface area contributed by atoms with Gasteiger partial charge in [-0.05, 0) is 42.5 Å². The van der Waals surface area contributed by atoms with Gasteiger partial charge < -0.3 is 16.0 Å². The Morgan fingerprint density at radius 3 is 2.50 bits per heavy atom. The van der Waals surface area contributed by atoms with Crippen LogP contribution >= 0.6 is 11.6 Å². The number of nitrogens with one attached hydrogen (secondary N) is 1. The van der Waals surface area contributed by atoms with Crippen LogP contribution in [0.15, 0.2) is 42.5 Å². The zero-order valence-electron chi connectivity index (χ0n) is 13.5. The van der Waals surface area contributed by atoms with Gasteiger partial charge in [-0.2, -0.15) is 0 Å². The molecule has 0 radical (unpaired) electrons. The molecule has 6 nitrogen and oxygen atoms in total. The molecule has 0 bridgehead atoms. The predicted molar refractivity (Wildman–Crippen MR) is 95.5 cm³/mol. The van der Waals surface area contributed by atoms with Crippen LogP contribution in [0, 0.1) is 11.7 Å². The van der Waals surface area contributed by atoms with Gasteiger partial charge in [-0.25, -0.2) is 4.39 Å². The molecule has 2 aromatic carbocycles. The molecule has 1 fully saturated rings. The van der Waals surface area contributed by atoms with E-state index in [1.54, 1.807) is 12.1 Å². The Kier molecular flexibility index (Phi) is 4.90. The lowest BCUT2D eigenvalue weighted by atomic mass is 10.1. The highest BCUT2D eigenvalue weighted by Gasteiger charge is 2.35. The van der Waals surface area contributed by atoms with E-state index in [0.29, 0.717) is 16.9 Å². The number of carbonyl (C=O) groups excluding carboxylic acids is 3. The summed E-state index contributed by atoms with van der Waals surface area (Å²) in [5, 5.41) is 2.62. The normalized spacial score (nSPS) is 16.6. The van der Waals surface area contributed by atoms with Gasteiger partial charge in [-0.3, -0.25) is 14.4 Å². The molecule has 1 heterocycles. The zero-order chi connectivity index (χ0) is 18.8. The van der Waals surface area contributed by atoms with Crippen LogP contribution in [-0.4, -0.2) is 24.3 Å². The second-order valence-corrected chi connectivity index (χ2v) is 6.34. The Labute approximate surface area is 153 Å². The summed E-state index contributed by atoms with van der Waals surface area (Å²) in [6.07, 6.45) is 0.0419. The first-order chi connectivity index (χ1) is 12.3. The van der Waals surface area contributed by atoms with Gasteiger partial charge in [0, 0.05) is 29.9 Å². The molecule has 134 valence electrons. The second kappa shape index (κ2) is 7.13. The minimum absolute atomic E-state index is 0.0419. The number of nitrogens with zero attached hydrogens (tertiary/aromatic N) is 1. The largest absolute Gasteiger partial charge is 0.366 e. The van der Waals surface area contributed by atoms with E-state index >= 15 is 0 Å². The van der Waals surface area contributed by atoms with E-state index in [1.165, 1.54) is 35.2 Å². The molecule has 3 amide bonds. The summed E-state index contributed by atoms with van der Waals surface area (Å²) in [5.74, 6) is -2.24. The van der Waals surface area contributed by atoms with Crippen LogP contribution in [0.4, 0.5) is 15.8 Å². The van der Waals surface area contributed by atoms with Crippen LogP contribution in [0.5, 0.6) is 0 Å². The Morgan fingerprint density at radius 2 is 1.88 bits per heavy atom. The lowest BCUT2D eigenvalue weighted by molar-refractivity contribution is -0.122. The fraction of sp³-hybridized carbons (Fsp3) is 0.167. The molecule has 0 aliphatic carbocycles. The smallest absolute Gasteiger partial charge is 0.248 e. The van der Waals surface area contributed by atoms with E-state index in [2.05, 4.69) is 5.32 Å². The molecule has 0 unspecified atom stereocenters. The molecule has 0 spiro atoms. The van der Waals surface area contributed by atoms with Gasteiger partial charge >= 0.3 is 0 Å². The summed E-state index contributed by atoms with van der Waals surface area (Å²) in [6, 6.07) is 10.1. The molecule has 1 aliphatic rings. The van der Waals surface area contributed by atoms with Crippen molar-refractivity contribution in [1.82, 2.24) is 0 Å². The van der Waals surface area contributed by atoms with Crippen LogP contribution in [0.3, 0.4) is 0 Å². The third-order valence-electron chi connectivity index (χ3n) is 4.15. The second-order valence-electron chi connectivity index (χ2n) is 5.93. The van der Waals surface area contributed by atoms with Gasteiger partial charge in [-0.1, -0.05) is 11.6 Å². The first kappa shape index (κ1) is 17.9. The molecular weight excluding hydrogens is 361 g/mol. The van der Waals surface area contributed by atoms with Crippen molar-refractivity contribution in [2.45, 2.75) is 6.42 Å². The number of anilines is 2. The summed E-state index contributed by atoms with van der Waals surface area (Å²) in [6.45, 7) is 0.173. The van der Waals surface area contributed by atoms with Gasteiger partial charge in [-0.15, -0.1) is 0 Å². The highest BCUT2D eigenvalue weighted by Crippen LogP contribution is 2.29. The van der Waals surface area contributed by atoms with E-state index in [1.807, 2.05) is 0 Å². The van der Waals surface area contributed by atoms with E-state index < -0.39 is 17.6 Å². The van der Waals surface area contributed by atoms with Crippen molar-refractivity contribution in [1.29, 1.82) is 0 Å². The Bertz CT molecular complexity index is 886. The van der Waals surface area contributed by atoms with Crippen molar-refractivity contribution in [2.75, 3.05) is 16.8 Å². The lowest BCUT2D eigenvalue weighted by Gasteiger charge is -2.17. The molecule has 1 aliphatic heterocycles. The van der Waals surface area contributed by atoms with Crippen molar-refractivity contribution in [3.63, 3.8) is 0 Å². The first-order valence-electron chi connectivity index (χ1n) is 7.81. The summed E-state index contributed by atoms with van der Waals surface area (Å²) < 4.78 is 13.3. The van der Waals surface area contributed by atoms with Crippen LogP contribution < -0.4 is 16.0 Å². The quantitative estimate of drug-likeness (QED) is 0.860. The molecule has 3 N–H and O–H groups in total. The molecule has 1 saturated heterocycles. The molecule has 8 heteroatoms. The third kappa shape index (κ3) is 3.67.